The van der Waals surface area contributed by atoms with Gasteiger partial charge in [0.15, 0.2) is 11.6 Å². The number of nitrogens with two attached hydrogens (primary N) is 1. The van der Waals surface area contributed by atoms with Crippen molar-refractivity contribution in [2.75, 3.05) is 26.9 Å². The van der Waals surface area contributed by atoms with Crippen LogP contribution in [0, 0.1) is 5.82 Å². The van der Waals surface area contributed by atoms with Crippen molar-refractivity contribution in [3.05, 3.63) is 83.1 Å². The van der Waals surface area contributed by atoms with Crippen LogP contribution < -0.4 is 10.5 Å². The maximum Gasteiger partial charge on any atom is 0.253 e. The number of benzene rings is 1. The number of halogens is 1. The molecule has 0 atom stereocenters. The van der Waals surface area contributed by atoms with Crippen molar-refractivity contribution in [1.29, 1.82) is 0 Å². The lowest BCUT2D eigenvalue weighted by molar-refractivity contribution is 0.0827. The Labute approximate surface area is 185 Å². The molecule has 162 valence electrons. The normalized spacial score (nSPS) is 13.2. The van der Waals surface area contributed by atoms with Gasteiger partial charge in [0.1, 0.15) is 5.82 Å². The first-order valence-corrected chi connectivity index (χ1v) is 9.91. The van der Waals surface area contributed by atoms with Gasteiger partial charge < -0.3 is 15.4 Å². The smallest absolute Gasteiger partial charge is 0.253 e. The van der Waals surface area contributed by atoms with E-state index in [-0.39, 0.29) is 17.3 Å². The van der Waals surface area contributed by atoms with Gasteiger partial charge in [-0.15, -0.1) is 0 Å². The van der Waals surface area contributed by atoms with Crippen LogP contribution in [0.1, 0.15) is 33.5 Å². The van der Waals surface area contributed by atoms with E-state index in [1.54, 1.807) is 44.8 Å². The molecule has 0 spiro atoms. The molecule has 0 fully saturated rings. The van der Waals surface area contributed by atoms with Crippen LogP contribution in [0.4, 0.5) is 10.2 Å². The standard InChI is InChI=1S/C24H22FN5O2/c1-30(2)24(31)15-4-5-19(25)18(10-15)20-12-17(16-11-21(32-3)23(26)28-13-16)22(29-20)14-6-8-27-9-7-14/h4-11,13H,12H2,1-3H3,(H2,26,28). The predicted molar refractivity (Wildman–Crippen MR) is 122 cm³/mol. The summed E-state index contributed by atoms with van der Waals surface area (Å²) in [6.45, 7) is 0. The minimum absolute atomic E-state index is 0.208. The Balaban J connectivity index is 1.82. The fourth-order valence-electron chi connectivity index (χ4n) is 3.56. The summed E-state index contributed by atoms with van der Waals surface area (Å²) in [5.74, 6) is 0.0759. The topological polar surface area (TPSA) is 93.7 Å². The largest absolute Gasteiger partial charge is 0.493 e. The second-order valence-electron chi connectivity index (χ2n) is 7.50. The van der Waals surface area contributed by atoms with Crippen LogP contribution in [0.15, 0.2) is 60.0 Å². The number of aliphatic imine (C=N–C) groups is 1. The molecule has 0 aliphatic carbocycles. The van der Waals surface area contributed by atoms with E-state index in [9.17, 15) is 9.18 Å². The molecule has 32 heavy (non-hydrogen) atoms. The summed E-state index contributed by atoms with van der Waals surface area (Å²) in [6.07, 6.45) is 5.34. The highest BCUT2D eigenvalue weighted by Gasteiger charge is 2.25. The van der Waals surface area contributed by atoms with Gasteiger partial charge in [-0.2, -0.15) is 0 Å². The Morgan fingerprint density at radius 3 is 2.56 bits per heavy atom. The molecule has 1 aliphatic heterocycles. The van der Waals surface area contributed by atoms with Crippen molar-refractivity contribution in [1.82, 2.24) is 14.9 Å². The third-order valence-corrected chi connectivity index (χ3v) is 5.21. The van der Waals surface area contributed by atoms with Crippen LogP contribution in [0.3, 0.4) is 0 Å². The second kappa shape index (κ2) is 8.58. The average Bonchev–Trinajstić information content (AvgIpc) is 3.25. The van der Waals surface area contributed by atoms with E-state index in [1.165, 1.54) is 24.1 Å². The second-order valence-corrected chi connectivity index (χ2v) is 7.50. The summed E-state index contributed by atoms with van der Waals surface area (Å²) >= 11 is 0. The molecular weight excluding hydrogens is 409 g/mol. The summed E-state index contributed by atoms with van der Waals surface area (Å²) in [5.41, 5.74) is 10.2. The minimum atomic E-state index is -0.442. The maximum atomic E-state index is 14.8. The summed E-state index contributed by atoms with van der Waals surface area (Å²) in [7, 11) is 4.83. The number of hydrogen-bond donors (Lipinski definition) is 1. The molecule has 3 heterocycles. The zero-order valence-electron chi connectivity index (χ0n) is 18.0. The fourth-order valence-corrected chi connectivity index (χ4v) is 3.56. The molecular formula is C24H22FN5O2. The Morgan fingerprint density at radius 1 is 1.12 bits per heavy atom. The van der Waals surface area contributed by atoms with Gasteiger partial charge in [0.2, 0.25) is 0 Å². The third-order valence-electron chi connectivity index (χ3n) is 5.21. The van der Waals surface area contributed by atoms with Crippen molar-refractivity contribution < 1.29 is 13.9 Å². The lowest BCUT2D eigenvalue weighted by Gasteiger charge is -2.12. The molecule has 0 saturated carbocycles. The lowest BCUT2D eigenvalue weighted by Crippen LogP contribution is -2.22. The highest BCUT2D eigenvalue weighted by atomic mass is 19.1. The van der Waals surface area contributed by atoms with Gasteiger partial charge in [0.05, 0.1) is 18.5 Å². The highest BCUT2D eigenvalue weighted by molar-refractivity contribution is 6.17. The molecule has 3 aromatic rings. The Bertz CT molecular complexity index is 1250. The quantitative estimate of drug-likeness (QED) is 0.665. The average molecular weight is 431 g/mol. The van der Waals surface area contributed by atoms with E-state index in [0.29, 0.717) is 29.1 Å². The van der Waals surface area contributed by atoms with E-state index < -0.39 is 5.82 Å². The van der Waals surface area contributed by atoms with Gasteiger partial charge in [-0.05, 0) is 42.0 Å². The van der Waals surface area contributed by atoms with E-state index >= 15 is 0 Å². The molecule has 1 amide bonds. The Hall–Kier alpha value is -4.07. The molecule has 0 unspecified atom stereocenters. The van der Waals surface area contributed by atoms with E-state index in [2.05, 4.69) is 9.97 Å². The van der Waals surface area contributed by atoms with Gasteiger partial charge in [0.25, 0.3) is 5.91 Å². The molecule has 0 bridgehead atoms. The molecule has 8 heteroatoms. The highest BCUT2D eigenvalue weighted by Crippen LogP contribution is 2.38. The first-order valence-electron chi connectivity index (χ1n) is 9.91. The summed E-state index contributed by atoms with van der Waals surface area (Å²) in [5, 5.41) is 0. The molecule has 0 radical (unpaired) electrons. The van der Waals surface area contributed by atoms with Gasteiger partial charge in [-0.3, -0.25) is 14.8 Å². The summed E-state index contributed by atoms with van der Waals surface area (Å²) in [6, 6.07) is 9.79. The molecule has 1 aromatic carbocycles. The number of nitrogens with zero attached hydrogens (tertiary/aromatic N) is 4. The number of hydrogen-bond acceptors (Lipinski definition) is 6. The predicted octanol–water partition coefficient (Wildman–Crippen LogP) is 3.67. The molecule has 1 aliphatic rings. The van der Waals surface area contributed by atoms with Crippen molar-refractivity contribution in [2.45, 2.75) is 6.42 Å². The number of carbonyl (C=O) groups excluding carboxylic acids is 1. The van der Waals surface area contributed by atoms with Gasteiger partial charge >= 0.3 is 0 Å². The van der Waals surface area contributed by atoms with Crippen LogP contribution >= 0.6 is 0 Å². The van der Waals surface area contributed by atoms with E-state index in [4.69, 9.17) is 15.5 Å². The first-order chi connectivity index (χ1) is 15.4. The number of carbonyl (C=O) groups is 1. The van der Waals surface area contributed by atoms with Crippen LogP contribution in [-0.4, -0.2) is 47.7 Å². The molecule has 0 saturated heterocycles. The van der Waals surface area contributed by atoms with Crippen molar-refractivity contribution in [2.24, 2.45) is 4.99 Å². The summed E-state index contributed by atoms with van der Waals surface area (Å²) < 4.78 is 20.2. The minimum Gasteiger partial charge on any atom is -0.493 e. The lowest BCUT2D eigenvalue weighted by atomic mass is 9.96. The zero-order valence-corrected chi connectivity index (χ0v) is 18.0. The molecule has 2 N–H and O–H groups in total. The van der Waals surface area contributed by atoms with E-state index in [1.807, 2.05) is 12.1 Å². The molecule has 7 nitrogen and oxygen atoms in total. The van der Waals surface area contributed by atoms with Crippen molar-refractivity contribution >= 4 is 28.7 Å². The van der Waals surface area contributed by atoms with Crippen molar-refractivity contribution in [3.8, 4) is 5.75 Å². The number of amides is 1. The number of ether oxygens (including phenoxy) is 1. The summed E-state index contributed by atoms with van der Waals surface area (Å²) in [4.78, 5) is 26.9. The maximum absolute atomic E-state index is 14.8. The van der Waals surface area contributed by atoms with E-state index in [0.717, 1.165) is 16.7 Å². The monoisotopic (exact) mass is 431 g/mol. The Morgan fingerprint density at radius 2 is 1.88 bits per heavy atom. The first kappa shape index (κ1) is 21.2. The number of rotatable bonds is 5. The van der Waals surface area contributed by atoms with Crippen LogP contribution in [0.2, 0.25) is 0 Å². The number of nitrogen functional groups attached to an aromatic ring is 1. The number of methoxy groups -OCH3 is 1. The molecule has 4 rings (SSSR count). The van der Waals surface area contributed by atoms with Crippen LogP contribution in [0.5, 0.6) is 5.75 Å². The fraction of sp³-hybridized carbons (Fsp3) is 0.167. The van der Waals surface area contributed by atoms with Gasteiger partial charge in [-0.1, -0.05) is 0 Å². The number of allylic oxidation sites excluding steroid dienone is 1. The van der Waals surface area contributed by atoms with Gasteiger partial charge in [-0.25, -0.2) is 9.37 Å². The van der Waals surface area contributed by atoms with Gasteiger partial charge in [0, 0.05) is 61.4 Å². The number of pyridine rings is 2. The SMILES string of the molecule is COc1cc(C2=C(c3ccncc3)N=C(c3cc(C(=O)N(C)C)ccc3F)C2)cnc1N. The number of aromatic nitrogens is 2. The Kier molecular flexibility index (Phi) is 5.68. The zero-order chi connectivity index (χ0) is 22.8. The van der Waals surface area contributed by atoms with Crippen LogP contribution in [-0.2, 0) is 0 Å². The molecule has 2 aromatic heterocycles. The number of anilines is 1. The van der Waals surface area contributed by atoms with Crippen LogP contribution in [0.25, 0.3) is 11.3 Å². The van der Waals surface area contributed by atoms with Crippen molar-refractivity contribution in [3.63, 3.8) is 0 Å². The third kappa shape index (κ3) is 3.94.